The van der Waals surface area contributed by atoms with Gasteiger partial charge in [-0.05, 0) is 24.3 Å². The summed E-state index contributed by atoms with van der Waals surface area (Å²) in [6, 6.07) is 9.84. The van der Waals surface area contributed by atoms with Gasteiger partial charge in [-0.25, -0.2) is 18.2 Å². The standard InChI is InChI=1S/C15H11N5O3S/c16-24(21,22)14-4-2-1-3-12(14)20-9-11(18-19-20)15-10-6-8-23-13(10)5-7-17-15/h1-9H,(H2,16,21,22). The summed E-state index contributed by atoms with van der Waals surface area (Å²) in [6.45, 7) is 0. The Hall–Kier alpha value is -3.04. The molecule has 0 saturated heterocycles. The molecule has 120 valence electrons. The smallest absolute Gasteiger partial charge is 0.240 e. The van der Waals surface area contributed by atoms with Gasteiger partial charge in [0.15, 0.2) is 0 Å². The van der Waals surface area contributed by atoms with E-state index in [2.05, 4.69) is 15.3 Å². The summed E-state index contributed by atoms with van der Waals surface area (Å²) in [5.41, 5.74) is 2.09. The molecular formula is C15H11N5O3S. The van der Waals surface area contributed by atoms with E-state index >= 15 is 0 Å². The van der Waals surface area contributed by atoms with Gasteiger partial charge in [-0.1, -0.05) is 17.3 Å². The van der Waals surface area contributed by atoms with E-state index in [9.17, 15) is 8.42 Å². The largest absolute Gasteiger partial charge is 0.464 e. The number of sulfonamides is 1. The molecule has 3 aromatic heterocycles. The highest BCUT2D eigenvalue weighted by atomic mass is 32.2. The van der Waals surface area contributed by atoms with Gasteiger partial charge < -0.3 is 4.42 Å². The van der Waals surface area contributed by atoms with Crippen LogP contribution in [0.5, 0.6) is 0 Å². The highest BCUT2D eigenvalue weighted by Crippen LogP contribution is 2.26. The van der Waals surface area contributed by atoms with Crippen molar-refractivity contribution in [2.45, 2.75) is 4.90 Å². The third-order valence-corrected chi connectivity index (χ3v) is 4.49. The first-order valence-electron chi connectivity index (χ1n) is 6.91. The van der Waals surface area contributed by atoms with Crippen LogP contribution in [-0.4, -0.2) is 28.4 Å². The first-order chi connectivity index (χ1) is 11.5. The fourth-order valence-electron chi connectivity index (χ4n) is 2.48. The highest BCUT2D eigenvalue weighted by Gasteiger charge is 2.17. The van der Waals surface area contributed by atoms with Crippen molar-refractivity contribution < 1.29 is 12.8 Å². The van der Waals surface area contributed by atoms with Crippen molar-refractivity contribution in [3.63, 3.8) is 0 Å². The van der Waals surface area contributed by atoms with E-state index < -0.39 is 10.0 Å². The zero-order chi connectivity index (χ0) is 16.7. The maximum Gasteiger partial charge on any atom is 0.240 e. The second kappa shape index (κ2) is 5.25. The van der Waals surface area contributed by atoms with Gasteiger partial charge >= 0.3 is 0 Å². The number of benzene rings is 1. The van der Waals surface area contributed by atoms with Crippen LogP contribution in [0.1, 0.15) is 0 Å². The number of rotatable bonds is 3. The molecule has 2 N–H and O–H groups in total. The van der Waals surface area contributed by atoms with Crippen molar-refractivity contribution >= 4 is 21.0 Å². The van der Waals surface area contributed by atoms with Crippen molar-refractivity contribution in [1.82, 2.24) is 20.0 Å². The lowest BCUT2D eigenvalue weighted by Crippen LogP contribution is -2.15. The van der Waals surface area contributed by atoms with E-state index in [1.165, 1.54) is 10.7 Å². The van der Waals surface area contributed by atoms with Crippen LogP contribution < -0.4 is 5.14 Å². The van der Waals surface area contributed by atoms with Crippen LogP contribution >= 0.6 is 0 Å². The van der Waals surface area contributed by atoms with Crippen LogP contribution in [-0.2, 0) is 10.0 Å². The van der Waals surface area contributed by atoms with Gasteiger partial charge in [-0.3, -0.25) is 4.98 Å². The van der Waals surface area contributed by atoms with Crippen LogP contribution in [0, 0.1) is 0 Å². The number of hydrogen-bond donors (Lipinski definition) is 1. The number of primary sulfonamides is 1. The number of hydrogen-bond acceptors (Lipinski definition) is 6. The molecule has 0 unspecified atom stereocenters. The van der Waals surface area contributed by atoms with E-state index in [1.54, 1.807) is 49.0 Å². The van der Waals surface area contributed by atoms with Crippen molar-refractivity contribution in [2.24, 2.45) is 5.14 Å². The molecule has 0 aliphatic carbocycles. The van der Waals surface area contributed by atoms with E-state index in [4.69, 9.17) is 9.56 Å². The Balaban J connectivity index is 1.87. The lowest BCUT2D eigenvalue weighted by molar-refractivity contribution is 0.596. The second-order valence-electron chi connectivity index (χ2n) is 5.05. The van der Waals surface area contributed by atoms with E-state index in [0.717, 1.165) is 5.39 Å². The molecule has 8 nitrogen and oxygen atoms in total. The lowest BCUT2D eigenvalue weighted by atomic mass is 10.2. The Bertz CT molecular complexity index is 1150. The molecule has 9 heteroatoms. The zero-order valence-electron chi connectivity index (χ0n) is 12.2. The topological polar surface area (TPSA) is 117 Å². The van der Waals surface area contributed by atoms with Crippen molar-refractivity contribution in [3.05, 3.63) is 55.1 Å². The third-order valence-electron chi connectivity index (χ3n) is 3.53. The van der Waals surface area contributed by atoms with Crippen LogP contribution in [0.4, 0.5) is 0 Å². The first-order valence-corrected chi connectivity index (χ1v) is 8.46. The Kier molecular flexibility index (Phi) is 3.18. The molecule has 0 bridgehead atoms. The number of pyridine rings is 1. The molecule has 0 aliphatic heterocycles. The summed E-state index contributed by atoms with van der Waals surface area (Å²) in [4.78, 5) is 4.28. The maximum absolute atomic E-state index is 11.7. The summed E-state index contributed by atoms with van der Waals surface area (Å²) in [5, 5.41) is 14.1. The molecule has 4 rings (SSSR count). The minimum atomic E-state index is -3.88. The SMILES string of the molecule is NS(=O)(=O)c1ccccc1-n1cc(-c2nccc3occc23)nn1. The van der Waals surface area contributed by atoms with Gasteiger partial charge in [-0.15, -0.1) is 5.10 Å². The zero-order valence-corrected chi connectivity index (χ0v) is 13.0. The second-order valence-corrected chi connectivity index (χ2v) is 6.58. The Morgan fingerprint density at radius 2 is 1.96 bits per heavy atom. The van der Waals surface area contributed by atoms with Crippen LogP contribution in [0.15, 0.2) is 64.4 Å². The first kappa shape index (κ1) is 14.5. The monoisotopic (exact) mass is 341 g/mol. The van der Waals surface area contributed by atoms with Gasteiger partial charge in [0.25, 0.3) is 0 Å². The van der Waals surface area contributed by atoms with E-state index in [1.807, 2.05) is 0 Å². The van der Waals surface area contributed by atoms with Gasteiger partial charge in [-0.2, -0.15) is 0 Å². The summed E-state index contributed by atoms with van der Waals surface area (Å²) in [5.74, 6) is 0. The molecule has 0 saturated carbocycles. The Labute approximate surface area is 136 Å². The summed E-state index contributed by atoms with van der Waals surface area (Å²) >= 11 is 0. The molecule has 1 aromatic carbocycles. The minimum absolute atomic E-state index is 0.0315. The van der Waals surface area contributed by atoms with Gasteiger partial charge in [0.1, 0.15) is 21.9 Å². The molecule has 4 aromatic rings. The minimum Gasteiger partial charge on any atom is -0.464 e. The quantitative estimate of drug-likeness (QED) is 0.606. The summed E-state index contributed by atoms with van der Waals surface area (Å²) in [7, 11) is -3.88. The molecule has 24 heavy (non-hydrogen) atoms. The van der Waals surface area contributed by atoms with Gasteiger partial charge in [0.2, 0.25) is 10.0 Å². The summed E-state index contributed by atoms with van der Waals surface area (Å²) in [6.07, 6.45) is 4.77. The maximum atomic E-state index is 11.7. The number of furan rings is 1. The number of nitrogens with two attached hydrogens (primary N) is 1. The average molecular weight is 341 g/mol. The molecule has 0 aliphatic rings. The lowest BCUT2D eigenvalue weighted by Gasteiger charge is -2.05. The van der Waals surface area contributed by atoms with Crippen LogP contribution in [0.3, 0.4) is 0 Å². The predicted molar refractivity (Wildman–Crippen MR) is 85.7 cm³/mol. The van der Waals surface area contributed by atoms with Crippen molar-refractivity contribution in [3.8, 4) is 17.1 Å². The number of para-hydroxylation sites is 1. The van der Waals surface area contributed by atoms with E-state index in [-0.39, 0.29) is 4.90 Å². The van der Waals surface area contributed by atoms with E-state index in [0.29, 0.717) is 22.7 Å². The molecule has 0 fully saturated rings. The fourth-order valence-corrected chi connectivity index (χ4v) is 3.20. The predicted octanol–water partition coefficient (Wildman–Crippen LogP) is 1.72. The average Bonchev–Trinajstić information content (AvgIpc) is 3.23. The number of aromatic nitrogens is 4. The van der Waals surface area contributed by atoms with Crippen LogP contribution in [0.2, 0.25) is 0 Å². The molecular weight excluding hydrogens is 330 g/mol. The van der Waals surface area contributed by atoms with Crippen molar-refractivity contribution in [1.29, 1.82) is 0 Å². The molecule has 0 radical (unpaired) electrons. The molecule has 3 heterocycles. The highest BCUT2D eigenvalue weighted by molar-refractivity contribution is 7.89. The Morgan fingerprint density at radius 3 is 2.79 bits per heavy atom. The molecule has 0 atom stereocenters. The molecule has 0 amide bonds. The van der Waals surface area contributed by atoms with Crippen molar-refractivity contribution in [2.75, 3.05) is 0 Å². The van der Waals surface area contributed by atoms with Gasteiger partial charge in [0, 0.05) is 11.6 Å². The fraction of sp³-hybridized carbons (Fsp3) is 0. The third kappa shape index (κ3) is 2.36. The van der Waals surface area contributed by atoms with Gasteiger partial charge in [0.05, 0.1) is 18.1 Å². The van der Waals surface area contributed by atoms with Crippen LogP contribution in [0.25, 0.3) is 28.0 Å². The number of nitrogens with zero attached hydrogens (tertiary/aromatic N) is 4. The normalized spacial score (nSPS) is 11.9. The Morgan fingerprint density at radius 1 is 1.12 bits per heavy atom. The number of fused-ring (bicyclic) bond motifs is 1. The summed E-state index contributed by atoms with van der Waals surface area (Å²) < 4.78 is 30.2. The molecule has 0 spiro atoms.